The molecule has 1 saturated heterocycles. The van der Waals surface area contributed by atoms with Gasteiger partial charge in [0.2, 0.25) is 0 Å². The Hall–Kier alpha value is -1.49. The lowest BCUT2D eigenvalue weighted by Gasteiger charge is -2.14. The summed E-state index contributed by atoms with van der Waals surface area (Å²) in [7, 11) is 0. The Kier molecular flexibility index (Phi) is 3.61. The van der Waals surface area contributed by atoms with Gasteiger partial charge in [0.05, 0.1) is 0 Å². The fraction of sp³-hybridized carbons (Fsp3) is 0.385. The molecule has 0 aromatic heterocycles. The Balaban J connectivity index is 2.13. The molecule has 0 saturated carbocycles. The lowest BCUT2D eigenvalue weighted by atomic mass is 9.98. The van der Waals surface area contributed by atoms with E-state index in [0.717, 1.165) is 17.4 Å². The summed E-state index contributed by atoms with van der Waals surface area (Å²) in [5.41, 5.74) is 3.34. The molecule has 1 aromatic carbocycles. The number of benzene rings is 1. The number of amides is 2. The van der Waals surface area contributed by atoms with Crippen LogP contribution in [0.3, 0.4) is 0 Å². The maximum atomic E-state index is 11.4. The van der Waals surface area contributed by atoms with Crippen LogP contribution in [0.4, 0.5) is 10.5 Å². The van der Waals surface area contributed by atoms with Gasteiger partial charge in [0.15, 0.2) is 5.37 Å². The molecule has 1 fully saturated rings. The number of hydrogen-bond donors (Lipinski definition) is 2. The molecule has 1 aliphatic rings. The summed E-state index contributed by atoms with van der Waals surface area (Å²) in [5, 5.41) is 4.49. The molecule has 2 rings (SSSR count). The number of nitrogens with one attached hydrogen (secondary N) is 2. The number of carbonyl (C=O) groups is 2. The molecule has 2 amide bonds. The summed E-state index contributed by atoms with van der Waals surface area (Å²) < 4.78 is 0. The lowest BCUT2D eigenvalue weighted by Crippen LogP contribution is -2.29. The Morgan fingerprint density at radius 2 is 2.06 bits per heavy atom. The molecule has 1 atom stereocenters. The Bertz CT molecular complexity index is 500. The van der Waals surface area contributed by atoms with Gasteiger partial charge in [0, 0.05) is 5.69 Å². The number of hydrogen-bond acceptors (Lipinski definition) is 4. The third-order valence-corrected chi connectivity index (χ3v) is 3.76. The lowest BCUT2D eigenvalue weighted by molar-refractivity contribution is -0.118. The van der Waals surface area contributed by atoms with Crippen LogP contribution in [-0.4, -0.2) is 16.5 Å². The smallest absolute Gasteiger partial charge is 0.288 e. The Morgan fingerprint density at radius 1 is 1.33 bits per heavy atom. The Morgan fingerprint density at radius 3 is 2.56 bits per heavy atom. The summed E-state index contributed by atoms with van der Waals surface area (Å²) in [6.45, 7) is 6.34. The van der Waals surface area contributed by atoms with Crippen molar-refractivity contribution in [2.24, 2.45) is 0 Å². The van der Waals surface area contributed by atoms with Crippen molar-refractivity contribution in [3.05, 3.63) is 29.3 Å². The summed E-state index contributed by atoms with van der Waals surface area (Å²) in [6, 6.07) is 6.01. The minimum Gasteiger partial charge on any atom is -0.365 e. The van der Waals surface area contributed by atoms with E-state index in [-0.39, 0.29) is 11.1 Å². The van der Waals surface area contributed by atoms with Crippen LogP contribution in [0.1, 0.15) is 30.9 Å². The summed E-state index contributed by atoms with van der Waals surface area (Å²) in [6.07, 6.45) is 0. The van der Waals surface area contributed by atoms with Crippen molar-refractivity contribution in [3.8, 4) is 0 Å². The first-order chi connectivity index (χ1) is 8.47. The van der Waals surface area contributed by atoms with Crippen LogP contribution in [0, 0.1) is 6.92 Å². The monoisotopic (exact) mass is 264 g/mol. The molecule has 1 aliphatic heterocycles. The van der Waals surface area contributed by atoms with Gasteiger partial charge in [-0.15, -0.1) is 0 Å². The van der Waals surface area contributed by atoms with Gasteiger partial charge in [-0.3, -0.25) is 14.9 Å². The van der Waals surface area contributed by atoms with E-state index in [0.29, 0.717) is 5.92 Å². The van der Waals surface area contributed by atoms with Crippen molar-refractivity contribution in [3.63, 3.8) is 0 Å². The topological polar surface area (TPSA) is 58.2 Å². The zero-order valence-electron chi connectivity index (χ0n) is 10.6. The Labute approximate surface area is 111 Å². The fourth-order valence-electron chi connectivity index (χ4n) is 2.02. The predicted molar refractivity (Wildman–Crippen MR) is 73.8 cm³/mol. The van der Waals surface area contributed by atoms with Gasteiger partial charge in [-0.05, 0) is 47.9 Å². The van der Waals surface area contributed by atoms with E-state index in [1.165, 1.54) is 11.1 Å². The highest BCUT2D eigenvalue weighted by Crippen LogP contribution is 2.25. The van der Waals surface area contributed by atoms with E-state index in [1.807, 2.05) is 19.1 Å². The van der Waals surface area contributed by atoms with Crippen LogP contribution >= 0.6 is 11.8 Å². The van der Waals surface area contributed by atoms with E-state index in [4.69, 9.17) is 0 Å². The summed E-state index contributed by atoms with van der Waals surface area (Å²) >= 11 is 0.974. The first-order valence-corrected chi connectivity index (χ1v) is 6.74. The largest absolute Gasteiger partial charge is 0.365 e. The molecule has 0 radical (unpaired) electrons. The number of aryl methyl sites for hydroxylation is 1. The van der Waals surface area contributed by atoms with E-state index >= 15 is 0 Å². The molecule has 2 N–H and O–H groups in total. The van der Waals surface area contributed by atoms with E-state index in [2.05, 4.69) is 30.5 Å². The van der Waals surface area contributed by atoms with Crippen molar-refractivity contribution >= 4 is 28.6 Å². The highest BCUT2D eigenvalue weighted by Gasteiger charge is 2.31. The highest BCUT2D eigenvalue weighted by atomic mass is 32.2. The minimum absolute atomic E-state index is 0.282. The summed E-state index contributed by atoms with van der Waals surface area (Å²) in [4.78, 5) is 22.5. The number of carbonyl (C=O) groups excluding carboxylic acids is 2. The van der Waals surface area contributed by atoms with E-state index in [9.17, 15) is 9.59 Å². The second-order valence-corrected chi connectivity index (χ2v) is 5.72. The van der Waals surface area contributed by atoms with Crippen LogP contribution in [0.5, 0.6) is 0 Å². The van der Waals surface area contributed by atoms with Gasteiger partial charge in [-0.1, -0.05) is 19.9 Å². The molecule has 1 unspecified atom stereocenters. The van der Waals surface area contributed by atoms with Crippen molar-refractivity contribution in [2.75, 3.05) is 5.32 Å². The van der Waals surface area contributed by atoms with Gasteiger partial charge in [-0.2, -0.15) is 0 Å². The molecule has 5 heteroatoms. The first kappa shape index (κ1) is 13.0. The van der Waals surface area contributed by atoms with Crippen LogP contribution in [0.25, 0.3) is 0 Å². The second-order valence-electron chi connectivity index (χ2n) is 4.65. The van der Waals surface area contributed by atoms with E-state index in [1.54, 1.807) is 0 Å². The quantitative estimate of drug-likeness (QED) is 0.881. The van der Waals surface area contributed by atoms with Crippen molar-refractivity contribution in [2.45, 2.75) is 32.1 Å². The molecule has 96 valence electrons. The van der Waals surface area contributed by atoms with Gasteiger partial charge in [0.25, 0.3) is 11.1 Å². The third kappa shape index (κ3) is 2.67. The molecule has 0 spiro atoms. The molecule has 1 heterocycles. The average molecular weight is 264 g/mol. The molecule has 0 aliphatic carbocycles. The number of thioether (sulfide) groups is 1. The highest BCUT2D eigenvalue weighted by molar-refractivity contribution is 8.15. The molecular formula is C13H16N2O2S. The zero-order chi connectivity index (χ0) is 13.3. The first-order valence-electron chi connectivity index (χ1n) is 5.86. The molecule has 18 heavy (non-hydrogen) atoms. The number of anilines is 1. The van der Waals surface area contributed by atoms with E-state index < -0.39 is 5.37 Å². The third-order valence-electron chi connectivity index (χ3n) is 2.88. The van der Waals surface area contributed by atoms with Crippen molar-refractivity contribution in [1.82, 2.24) is 5.32 Å². The van der Waals surface area contributed by atoms with Gasteiger partial charge >= 0.3 is 0 Å². The molecule has 4 nitrogen and oxygen atoms in total. The predicted octanol–water partition coefficient (Wildman–Crippen LogP) is 2.84. The SMILES string of the molecule is Cc1cc(NC2SC(=O)NC2=O)ccc1C(C)C. The zero-order valence-corrected chi connectivity index (χ0v) is 11.4. The molecule has 0 bridgehead atoms. The second kappa shape index (κ2) is 5.02. The normalized spacial score (nSPS) is 19.2. The summed E-state index contributed by atoms with van der Waals surface area (Å²) in [5.74, 6) is 0.195. The van der Waals surface area contributed by atoms with Gasteiger partial charge in [-0.25, -0.2) is 0 Å². The molecular weight excluding hydrogens is 248 g/mol. The van der Waals surface area contributed by atoms with Gasteiger partial charge in [0.1, 0.15) is 0 Å². The van der Waals surface area contributed by atoms with Crippen LogP contribution in [0.2, 0.25) is 0 Å². The number of rotatable bonds is 3. The number of imide groups is 1. The van der Waals surface area contributed by atoms with Crippen LogP contribution in [0.15, 0.2) is 18.2 Å². The van der Waals surface area contributed by atoms with Crippen LogP contribution < -0.4 is 10.6 Å². The minimum atomic E-state index is -0.526. The van der Waals surface area contributed by atoms with Crippen molar-refractivity contribution in [1.29, 1.82) is 0 Å². The van der Waals surface area contributed by atoms with Crippen LogP contribution in [-0.2, 0) is 4.79 Å². The van der Waals surface area contributed by atoms with Gasteiger partial charge < -0.3 is 5.32 Å². The van der Waals surface area contributed by atoms with Crippen molar-refractivity contribution < 1.29 is 9.59 Å². The molecule has 1 aromatic rings. The maximum absolute atomic E-state index is 11.4. The average Bonchev–Trinajstić information content (AvgIpc) is 2.57. The standard InChI is InChI=1S/C13H16N2O2S/c1-7(2)10-5-4-9(6-8(10)3)14-12-11(16)15-13(17)18-12/h4-7,12,14H,1-3H3,(H,15,16,17). The fourth-order valence-corrected chi connectivity index (χ4v) is 2.75. The maximum Gasteiger partial charge on any atom is 0.288 e.